The van der Waals surface area contributed by atoms with Gasteiger partial charge in [0.25, 0.3) is 0 Å². The lowest BCUT2D eigenvalue weighted by Crippen LogP contribution is -2.40. The average Bonchev–Trinajstić information content (AvgIpc) is 2.92. The van der Waals surface area contributed by atoms with Gasteiger partial charge < -0.3 is 16.0 Å². The monoisotopic (exact) mass is 279 g/mol. The first-order chi connectivity index (χ1) is 10.3. The third-order valence-electron chi connectivity index (χ3n) is 3.77. The van der Waals surface area contributed by atoms with Gasteiger partial charge in [0.1, 0.15) is 0 Å². The molecular formula is C18H21N3. The van der Waals surface area contributed by atoms with E-state index in [1.54, 1.807) is 0 Å². The number of fused-ring (bicyclic) bond motifs is 1. The summed E-state index contributed by atoms with van der Waals surface area (Å²) >= 11 is 0. The van der Waals surface area contributed by atoms with Crippen molar-refractivity contribution in [3.8, 4) is 0 Å². The fraction of sp³-hybridized carbons (Fsp3) is 0.222. The first kappa shape index (κ1) is 13.9. The number of nitrogens with one attached hydrogen (secondary N) is 2. The summed E-state index contributed by atoms with van der Waals surface area (Å²) in [5.74, 6) is 0. The summed E-state index contributed by atoms with van der Waals surface area (Å²) in [5, 5.41) is 4.70. The molecule has 0 aliphatic carbocycles. The van der Waals surface area contributed by atoms with Gasteiger partial charge in [-0.15, -0.1) is 0 Å². The number of hydrogen-bond acceptors (Lipinski definition) is 2. The molecule has 0 aliphatic rings. The highest BCUT2D eigenvalue weighted by molar-refractivity contribution is 5.83. The molecule has 0 spiro atoms. The van der Waals surface area contributed by atoms with Crippen LogP contribution in [0.2, 0.25) is 0 Å². The molecule has 3 nitrogen and oxygen atoms in total. The van der Waals surface area contributed by atoms with E-state index in [9.17, 15) is 0 Å². The van der Waals surface area contributed by atoms with Crippen molar-refractivity contribution in [2.45, 2.75) is 19.0 Å². The summed E-state index contributed by atoms with van der Waals surface area (Å²) in [5.41, 5.74) is 9.94. The minimum atomic E-state index is -0.00222. The summed E-state index contributed by atoms with van der Waals surface area (Å²) in [6, 6.07) is 18.7. The van der Waals surface area contributed by atoms with Crippen LogP contribution in [0.15, 0.2) is 60.8 Å². The second kappa shape index (κ2) is 6.57. The molecule has 4 N–H and O–H groups in total. The Balaban J connectivity index is 1.52. The van der Waals surface area contributed by atoms with Gasteiger partial charge in [0, 0.05) is 30.1 Å². The van der Waals surface area contributed by atoms with Crippen LogP contribution in [0.4, 0.5) is 0 Å². The van der Waals surface area contributed by atoms with Crippen molar-refractivity contribution < 1.29 is 0 Å². The number of nitrogens with two attached hydrogens (primary N) is 1. The molecule has 3 aromatic rings. The Bertz CT molecular complexity index is 688. The molecule has 0 amide bonds. The Morgan fingerprint density at radius 3 is 2.62 bits per heavy atom. The fourth-order valence-electron chi connectivity index (χ4n) is 2.67. The molecule has 108 valence electrons. The highest BCUT2D eigenvalue weighted by atomic mass is 15.0. The molecule has 3 rings (SSSR count). The van der Waals surface area contributed by atoms with E-state index in [-0.39, 0.29) is 6.17 Å². The lowest BCUT2D eigenvalue weighted by molar-refractivity contribution is 0.528. The number of rotatable bonds is 6. The second-order valence-electron chi connectivity index (χ2n) is 5.36. The van der Waals surface area contributed by atoms with E-state index < -0.39 is 0 Å². The van der Waals surface area contributed by atoms with Crippen LogP contribution in [-0.4, -0.2) is 17.7 Å². The zero-order valence-corrected chi connectivity index (χ0v) is 12.0. The van der Waals surface area contributed by atoms with Gasteiger partial charge in [0.15, 0.2) is 0 Å². The van der Waals surface area contributed by atoms with Crippen LogP contribution in [0.25, 0.3) is 10.9 Å². The molecular weight excluding hydrogens is 258 g/mol. The number of aromatic nitrogens is 1. The number of para-hydroxylation sites is 1. The third kappa shape index (κ3) is 3.51. The van der Waals surface area contributed by atoms with Crippen molar-refractivity contribution in [1.82, 2.24) is 10.3 Å². The Kier molecular flexibility index (Phi) is 4.34. The largest absolute Gasteiger partial charge is 0.361 e. The summed E-state index contributed by atoms with van der Waals surface area (Å²) in [6.07, 6.45) is 3.92. The van der Waals surface area contributed by atoms with Gasteiger partial charge in [-0.05, 0) is 23.6 Å². The molecule has 0 aliphatic heterocycles. The maximum atomic E-state index is 6.14. The van der Waals surface area contributed by atoms with E-state index in [1.807, 2.05) is 18.2 Å². The van der Waals surface area contributed by atoms with E-state index in [4.69, 9.17) is 5.73 Å². The predicted octanol–water partition coefficient (Wildman–Crippen LogP) is 2.83. The molecule has 0 saturated carbocycles. The summed E-state index contributed by atoms with van der Waals surface area (Å²) in [4.78, 5) is 3.31. The molecule has 0 saturated heterocycles. The molecule has 1 heterocycles. The fourth-order valence-corrected chi connectivity index (χ4v) is 2.67. The quantitative estimate of drug-likeness (QED) is 0.608. The molecule has 1 unspecified atom stereocenters. The van der Waals surface area contributed by atoms with E-state index >= 15 is 0 Å². The zero-order valence-electron chi connectivity index (χ0n) is 12.0. The van der Waals surface area contributed by atoms with E-state index in [1.165, 1.54) is 22.0 Å². The molecule has 21 heavy (non-hydrogen) atoms. The van der Waals surface area contributed by atoms with Crippen molar-refractivity contribution in [3.05, 3.63) is 71.9 Å². The Hall–Kier alpha value is -2.10. The maximum absolute atomic E-state index is 6.14. The minimum Gasteiger partial charge on any atom is -0.361 e. The Labute approximate surface area is 125 Å². The van der Waals surface area contributed by atoms with Gasteiger partial charge in [-0.1, -0.05) is 48.5 Å². The van der Waals surface area contributed by atoms with Crippen LogP contribution in [0.5, 0.6) is 0 Å². The van der Waals surface area contributed by atoms with Crippen molar-refractivity contribution in [2.75, 3.05) is 6.54 Å². The Morgan fingerprint density at radius 1 is 1.00 bits per heavy atom. The number of hydrogen-bond donors (Lipinski definition) is 3. The highest BCUT2D eigenvalue weighted by Crippen LogP contribution is 2.17. The molecule has 3 heteroatoms. The first-order valence-corrected chi connectivity index (χ1v) is 7.41. The van der Waals surface area contributed by atoms with Gasteiger partial charge in [-0.25, -0.2) is 0 Å². The normalized spacial score (nSPS) is 12.6. The van der Waals surface area contributed by atoms with Crippen LogP contribution in [0, 0.1) is 0 Å². The summed E-state index contributed by atoms with van der Waals surface area (Å²) in [7, 11) is 0. The predicted molar refractivity (Wildman–Crippen MR) is 88.1 cm³/mol. The van der Waals surface area contributed by atoms with E-state index in [2.05, 4.69) is 52.9 Å². The molecule has 2 aromatic carbocycles. The molecule has 0 radical (unpaired) electrons. The molecule has 1 aromatic heterocycles. The van der Waals surface area contributed by atoms with Crippen LogP contribution in [0.1, 0.15) is 11.1 Å². The van der Waals surface area contributed by atoms with E-state index in [0.717, 1.165) is 19.4 Å². The Morgan fingerprint density at radius 2 is 1.76 bits per heavy atom. The van der Waals surface area contributed by atoms with Crippen LogP contribution < -0.4 is 11.1 Å². The van der Waals surface area contributed by atoms with Crippen LogP contribution >= 0.6 is 0 Å². The first-order valence-electron chi connectivity index (χ1n) is 7.41. The molecule has 1 atom stereocenters. The van der Waals surface area contributed by atoms with Gasteiger partial charge in [-0.3, -0.25) is 0 Å². The van der Waals surface area contributed by atoms with Crippen molar-refractivity contribution >= 4 is 10.9 Å². The number of benzene rings is 2. The molecule has 0 fully saturated rings. The average molecular weight is 279 g/mol. The van der Waals surface area contributed by atoms with Gasteiger partial charge in [0.05, 0.1) is 6.17 Å². The third-order valence-corrected chi connectivity index (χ3v) is 3.77. The van der Waals surface area contributed by atoms with Crippen molar-refractivity contribution in [2.24, 2.45) is 5.73 Å². The smallest absolute Gasteiger partial charge is 0.0587 e. The zero-order chi connectivity index (χ0) is 14.5. The topological polar surface area (TPSA) is 53.8 Å². The van der Waals surface area contributed by atoms with Gasteiger partial charge >= 0.3 is 0 Å². The minimum absolute atomic E-state index is 0.00222. The van der Waals surface area contributed by atoms with Crippen molar-refractivity contribution in [3.63, 3.8) is 0 Å². The number of H-pyrrole nitrogens is 1. The maximum Gasteiger partial charge on any atom is 0.0587 e. The molecule has 0 bridgehead atoms. The van der Waals surface area contributed by atoms with Crippen LogP contribution in [0.3, 0.4) is 0 Å². The second-order valence-corrected chi connectivity index (χ2v) is 5.36. The lowest BCUT2D eigenvalue weighted by Gasteiger charge is -2.13. The van der Waals surface area contributed by atoms with Crippen molar-refractivity contribution in [1.29, 1.82) is 0 Å². The number of aromatic amines is 1. The lowest BCUT2D eigenvalue weighted by atomic mass is 10.1. The summed E-state index contributed by atoms with van der Waals surface area (Å²) in [6.45, 7) is 0.885. The SMILES string of the molecule is NC(Cc1ccccc1)NCCc1c[nH]c2ccccc12. The standard InChI is InChI=1S/C18H21N3/c19-18(12-14-6-2-1-3-7-14)20-11-10-15-13-21-17-9-5-4-8-16(15)17/h1-9,13,18,20-21H,10-12,19H2. The summed E-state index contributed by atoms with van der Waals surface area (Å²) < 4.78 is 0. The van der Waals surface area contributed by atoms with Gasteiger partial charge in [-0.2, -0.15) is 0 Å². The van der Waals surface area contributed by atoms with Crippen LogP contribution in [-0.2, 0) is 12.8 Å². The van der Waals surface area contributed by atoms with Gasteiger partial charge in [0.2, 0.25) is 0 Å². The highest BCUT2D eigenvalue weighted by Gasteiger charge is 2.05. The van der Waals surface area contributed by atoms with E-state index in [0.29, 0.717) is 0 Å².